The highest BCUT2D eigenvalue weighted by atomic mass is 35.5. The van der Waals surface area contributed by atoms with Gasteiger partial charge in [0, 0.05) is 35.1 Å². The lowest BCUT2D eigenvalue weighted by atomic mass is 10.0. The molecule has 1 unspecified atom stereocenters. The highest BCUT2D eigenvalue weighted by Gasteiger charge is 2.34. The Hall–Kier alpha value is -3.56. The molecule has 0 saturated heterocycles. The Balaban J connectivity index is 1.81. The maximum absolute atomic E-state index is 14.3. The van der Waals surface area contributed by atoms with Gasteiger partial charge in [0.25, 0.3) is 10.0 Å². The molecule has 0 heterocycles. The first kappa shape index (κ1) is 31.4. The number of anilines is 1. The molecule has 42 heavy (non-hydrogen) atoms. The summed E-state index contributed by atoms with van der Waals surface area (Å²) in [5.41, 5.74) is 1.60. The van der Waals surface area contributed by atoms with Crippen molar-refractivity contribution in [3.8, 4) is 0 Å². The third-order valence-corrected chi connectivity index (χ3v) is 8.96. The van der Waals surface area contributed by atoms with E-state index < -0.39 is 34.4 Å². The minimum Gasteiger partial charge on any atom is -0.357 e. The van der Waals surface area contributed by atoms with E-state index in [1.54, 1.807) is 42.5 Å². The van der Waals surface area contributed by atoms with E-state index in [0.29, 0.717) is 10.6 Å². The zero-order valence-corrected chi connectivity index (χ0v) is 25.7. The number of hydrogen-bond donors (Lipinski definition) is 1. The molecule has 0 aliphatic heterocycles. The Kier molecular flexibility index (Phi) is 10.5. The molecule has 0 radical (unpaired) electrons. The van der Waals surface area contributed by atoms with Crippen LogP contribution in [0.25, 0.3) is 0 Å². The van der Waals surface area contributed by atoms with Crippen LogP contribution in [0.1, 0.15) is 11.1 Å². The molecule has 11 heteroatoms. The number of benzene rings is 4. The molecule has 0 aliphatic rings. The van der Waals surface area contributed by atoms with E-state index >= 15 is 0 Å². The number of sulfonamides is 1. The Morgan fingerprint density at radius 2 is 1.36 bits per heavy atom. The molecule has 0 aromatic heterocycles. The van der Waals surface area contributed by atoms with Crippen LogP contribution >= 0.6 is 34.8 Å². The van der Waals surface area contributed by atoms with Crippen LogP contribution in [0.4, 0.5) is 5.69 Å². The van der Waals surface area contributed by atoms with Crippen molar-refractivity contribution in [2.45, 2.75) is 23.9 Å². The highest BCUT2D eigenvalue weighted by Crippen LogP contribution is 2.30. The Labute approximate surface area is 260 Å². The van der Waals surface area contributed by atoms with E-state index in [4.69, 9.17) is 34.8 Å². The van der Waals surface area contributed by atoms with Gasteiger partial charge in [-0.1, -0.05) is 95.5 Å². The summed E-state index contributed by atoms with van der Waals surface area (Å²) in [4.78, 5) is 28.9. The molecular weight excluding hydrogens is 617 g/mol. The molecule has 218 valence electrons. The lowest BCUT2D eigenvalue weighted by Crippen LogP contribution is -2.53. The highest BCUT2D eigenvalue weighted by molar-refractivity contribution is 7.92. The summed E-state index contributed by atoms with van der Waals surface area (Å²) in [5.74, 6) is -1.02. The zero-order chi connectivity index (χ0) is 30.3. The molecule has 0 saturated carbocycles. The molecule has 0 bridgehead atoms. The van der Waals surface area contributed by atoms with E-state index in [1.807, 2.05) is 30.3 Å². The zero-order valence-electron chi connectivity index (χ0n) is 22.6. The SMILES string of the molecule is CNC(=O)C(Cc1ccccc1)N(Cc1cccc(Cl)c1)C(=O)CN(c1cc(Cl)cc(Cl)c1)S(=O)(=O)c1ccccc1. The van der Waals surface area contributed by atoms with Crippen LogP contribution in [0.3, 0.4) is 0 Å². The molecule has 2 amide bonds. The molecule has 4 aromatic rings. The van der Waals surface area contributed by atoms with Crippen molar-refractivity contribution in [1.29, 1.82) is 0 Å². The fourth-order valence-corrected chi connectivity index (χ4v) is 6.63. The first-order chi connectivity index (χ1) is 20.1. The summed E-state index contributed by atoms with van der Waals surface area (Å²) in [5, 5.41) is 3.50. The van der Waals surface area contributed by atoms with Crippen LogP contribution in [0.5, 0.6) is 0 Å². The second kappa shape index (κ2) is 14.1. The minimum absolute atomic E-state index is 0.000159. The monoisotopic (exact) mass is 643 g/mol. The number of halogens is 3. The van der Waals surface area contributed by atoms with Crippen LogP contribution in [-0.4, -0.2) is 44.8 Å². The van der Waals surface area contributed by atoms with Gasteiger partial charge in [0.05, 0.1) is 10.6 Å². The third kappa shape index (κ3) is 7.83. The van der Waals surface area contributed by atoms with Gasteiger partial charge in [-0.15, -0.1) is 0 Å². The predicted octanol–water partition coefficient (Wildman–Crippen LogP) is 6.23. The van der Waals surface area contributed by atoms with E-state index in [0.717, 1.165) is 9.87 Å². The molecule has 0 fully saturated rings. The van der Waals surface area contributed by atoms with Crippen LogP contribution in [0.15, 0.2) is 108 Å². The third-order valence-electron chi connectivity index (χ3n) is 6.50. The largest absolute Gasteiger partial charge is 0.357 e. The van der Waals surface area contributed by atoms with Crippen molar-refractivity contribution in [2.75, 3.05) is 17.9 Å². The second-order valence-electron chi connectivity index (χ2n) is 9.42. The topological polar surface area (TPSA) is 86.8 Å². The number of hydrogen-bond acceptors (Lipinski definition) is 4. The van der Waals surface area contributed by atoms with Gasteiger partial charge in [-0.25, -0.2) is 8.42 Å². The molecule has 4 rings (SSSR count). The molecule has 7 nitrogen and oxygen atoms in total. The van der Waals surface area contributed by atoms with Gasteiger partial charge in [0.2, 0.25) is 11.8 Å². The van der Waals surface area contributed by atoms with Gasteiger partial charge in [-0.05, 0) is 53.6 Å². The molecule has 0 spiro atoms. The number of nitrogens with zero attached hydrogens (tertiary/aromatic N) is 2. The summed E-state index contributed by atoms with van der Waals surface area (Å²) in [6.45, 7) is -0.628. The predicted molar refractivity (Wildman–Crippen MR) is 167 cm³/mol. The first-order valence-corrected chi connectivity index (χ1v) is 15.5. The summed E-state index contributed by atoms with van der Waals surface area (Å²) in [7, 11) is -2.77. The average molecular weight is 645 g/mol. The lowest BCUT2D eigenvalue weighted by molar-refractivity contribution is -0.139. The maximum Gasteiger partial charge on any atom is 0.264 e. The summed E-state index contributed by atoms with van der Waals surface area (Å²) < 4.78 is 28.8. The fraction of sp³-hybridized carbons (Fsp3) is 0.161. The van der Waals surface area contributed by atoms with E-state index in [9.17, 15) is 18.0 Å². The smallest absolute Gasteiger partial charge is 0.264 e. The normalized spacial score (nSPS) is 11.9. The van der Waals surface area contributed by atoms with Crippen molar-refractivity contribution in [2.24, 2.45) is 0 Å². The van der Waals surface area contributed by atoms with Crippen molar-refractivity contribution < 1.29 is 18.0 Å². The van der Waals surface area contributed by atoms with E-state index in [-0.39, 0.29) is 33.6 Å². The number of amides is 2. The van der Waals surface area contributed by atoms with Gasteiger partial charge in [0.15, 0.2) is 0 Å². The molecule has 1 N–H and O–H groups in total. The van der Waals surface area contributed by atoms with Gasteiger partial charge < -0.3 is 10.2 Å². The summed E-state index contributed by atoms with van der Waals surface area (Å²) >= 11 is 18.7. The first-order valence-electron chi connectivity index (χ1n) is 12.9. The number of carbonyl (C=O) groups excluding carboxylic acids is 2. The standard InChI is InChI=1S/C31H28Cl3N3O4S/c1-35-31(39)29(16-22-9-4-2-5-10-22)36(20-23-11-8-12-24(32)15-23)30(38)21-37(27-18-25(33)17-26(34)19-27)42(40,41)28-13-6-3-7-14-28/h2-15,17-19,29H,16,20-21H2,1H3,(H,35,39). The fourth-order valence-electron chi connectivity index (χ4n) is 4.48. The van der Waals surface area contributed by atoms with Crippen molar-refractivity contribution in [3.05, 3.63) is 129 Å². The number of carbonyl (C=O) groups is 2. The Bertz CT molecular complexity index is 1630. The molecular formula is C31H28Cl3N3O4S. The van der Waals surface area contributed by atoms with Crippen molar-refractivity contribution in [1.82, 2.24) is 10.2 Å². The van der Waals surface area contributed by atoms with Crippen LogP contribution < -0.4 is 9.62 Å². The van der Waals surface area contributed by atoms with Crippen molar-refractivity contribution >= 4 is 62.3 Å². The number of nitrogens with one attached hydrogen (secondary N) is 1. The summed E-state index contributed by atoms with van der Waals surface area (Å²) in [6.07, 6.45) is 0.196. The van der Waals surface area contributed by atoms with Gasteiger partial charge in [-0.3, -0.25) is 13.9 Å². The van der Waals surface area contributed by atoms with Gasteiger partial charge in [0.1, 0.15) is 12.6 Å². The average Bonchev–Trinajstić information content (AvgIpc) is 2.97. The summed E-state index contributed by atoms with van der Waals surface area (Å²) in [6, 6.07) is 27.3. The molecule has 4 aromatic carbocycles. The maximum atomic E-state index is 14.3. The molecule has 1 atom stereocenters. The van der Waals surface area contributed by atoms with Crippen molar-refractivity contribution in [3.63, 3.8) is 0 Å². The number of likely N-dealkylation sites (N-methyl/N-ethyl adjacent to an activating group) is 1. The van der Waals surface area contributed by atoms with Gasteiger partial charge in [-0.2, -0.15) is 0 Å². The van der Waals surface area contributed by atoms with E-state index in [1.165, 1.54) is 42.3 Å². The van der Waals surface area contributed by atoms with Crippen LogP contribution in [0.2, 0.25) is 15.1 Å². The Morgan fingerprint density at radius 3 is 1.95 bits per heavy atom. The van der Waals surface area contributed by atoms with E-state index in [2.05, 4.69) is 5.32 Å². The minimum atomic E-state index is -4.26. The number of rotatable bonds is 11. The second-order valence-corrected chi connectivity index (χ2v) is 12.6. The van der Waals surface area contributed by atoms with Crippen LogP contribution in [-0.2, 0) is 32.6 Å². The Morgan fingerprint density at radius 1 is 0.762 bits per heavy atom. The van der Waals surface area contributed by atoms with Crippen LogP contribution in [0, 0.1) is 0 Å². The lowest BCUT2D eigenvalue weighted by Gasteiger charge is -2.33. The van der Waals surface area contributed by atoms with Gasteiger partial charge >= 0.3 is 0 Å². The quantitative estimate of drug-likeness (QED) is 0.210. The molecule has 0 aliphatic carbocycles.